The fourth-order valence-electron chi connectivity index (χ4n) is 4.16. The summed E-state index contributed by atoms with van der Waals surface area (Å²) in [4.78, 5) is 25.0. The van der Waals surface area contributed by atoms with Gasteiger partial charge in [0.25, 0.3) is 5.91 Å². The fourth-order valence-corrected chi connectivity index (χ4v) is 4.16. The predicted molar refractivity (Wildman–Crippen MR) is 160 cm³/mol. The average molecular weight is 584 g/mol. The van der Waals surface area contributed by atoms with Crippen LogP contribution in [-0.2, 0) is 34.0 Å². The molecule has 0 saturated carbocycles. The second-order valence-electron chi connectivity index (χ2n) is 9.38. The molecule has 4 rings (SSSR count). The third kappa shape index (κ3) is 9.11. The molecule has 1 amide bonds. The number of esters is 1. The lowest BCUT2D eigenvalue weighted by Crippen LogP contribution is -2.37. The second-order valence-corrected chi connectivity index (χ2v) is 9.38. The van der Waals surface area contributed by atoms with Gasteiger partial charge in [-0.1, -0.05) is 72.8 Å². The Morgan fingerprint density at radius 1 is 0.721 bits per heavy atom. The summed E-state index contributed by atoms with van der Waals surface area (Å²) in [5.74, 6) is 0.377. The minimum absolute atomic E-state index is 0.00273. The van der Waals surface area contributed by atoms with Gasteiger partial charge in [0.2, 0.25) is 0 Å². The van der Waals surface area contributed by atoms with Gasteiger partial charge in [0, 0.05) is 12.5 Å². The first-order chi connectivity index (χ1) is 21.0. The number of nitrogens with one attached hydrogen (secondary N) is 1. The van der Waals surface area contributed by atoms with E-state index >= 15 is 0 Å². The number of ether oxygens (including phenoxy) is 5. The molecule has 222 valence electrons. The SMILES string of the molecule is COc1ccc(CC(OC(=O)/C=C/c2ccc(OCc3ccccc3)c(OCc3ccccc3)c2)C(=O)NO)cc1OC. The van der Waals surface area contributed by atoms with Crippen LogP contribution in [0, 0.1) is 0 Å². The Labute approximate surface area is 250 Å². The minimum Gasteiger partial charge on any atom is -0.493 e. The zero-order valence-corrected chi connectivity index (χ0v) is 23.9. The summed E-state index contributed by atoms with van der Waals surface area (Å²) in [7, 11) is 3.00. The summed E-state index contributed by atoms with van der Waals surface area (Å²) in [5, 5.41) is 9.21. The van der Waals surface area contributed by atoms with Crippen molar-refractivity contribution in [2.24, 2.45) is 0 Å². The number of rotatable bonds is 14. The van der Waals surface area contributed by atoms with Crippen LogP contribution < -0.4 is 24.4 Å². The summed E-state index contributed by atoms with van der Waals surface area (Å²) in [6.07, 6.45) is 1.45. The van der Waals surface area contributed by atoms with Crippen LogP contribution in [0.5, 0.6) is 23.0 Å². The molecule has 0 fully saturated rings. The monoisotopic (exact) mass is 583 g/mol. The van der Waals surface area contributed by atoms with E-state index < -0.39 is 18.0 Å². The molecule has 43 heavy (non-hydrogen) atoms. The Hall–Kier alpha value is -5.28. The van der Waals surface area contributed by atoms with Gasteiger partial charge in [0.15, 0.2) is 29.1 Å². The largest absolute Gasteiger partial charge is 0.493 e. The molecule has 1 unspecified atom stereocenters. The normalized spacial score (nSPS) is 11.4. The maximum Gasteiger partial charge on any atom is 0.331 e. The lowest BCUT2D eigenvalue weighted by atomic mass is 10.1. The summed E-state index contributed by atoms with van der Waals surface area (Å²) >= 11 is 0. The number of carbonyl (C=O) groups excluding carboxylic acids is 2. The van der Waals surface area contributed by atoms with Crippen molar-refractivity contribution in [2.75, 3.05) is 14.2 Å². The highest BCUT2D eigenvalue weighted by Crippen LogP contribution is 2.31. The van der Waals surface area contributed by atoms with Crippen LogP contribution in [0.1, 0.15) is 22.3 Å². The highest BCUT2D eigenvalue weighted by atomic mass is 16.6. The average Bonchev–Trinajstić information content (AvgIpc) is 3.06. The molecule has 4 aromatic rings. The molecule has 0 bridgehead atoms. The standard InChI is InChI=1S/C34H33NO8/c1-39-28-16-14-27(20-30(28)40-2)21-32(34(37)35-38)43-33(36)18-15-24-13-17-29(41-22-25-9-5-3-6-10-25)31(19-24)42-23-26-11-7-4-8-12-26/h3-20,32,38H,21-23H2,1-2H3,(H,35,37)/b18-15+. The van der Waals surface area contributed by atoms with E-state index in [0.717, 1.165) is 11.1 Å². The lowest BCUT2D eigenvalue weighted by molar-refractivity contribution is -0.155. The van der Waals surface area contributed by atoms with Gasteiger partial charge < -0.3 is 23.7 Å². The molecule has 0 aliphatic carbocycles. The number of hydrogen-bond donors (Lipinski definition) is 2. The summed E-state index contributed by atoms with van der Waals surface area (Å²) in [6, 6.07) is 29.9. The van der Waals surface area contributed by atoms with Crippen LogP contribution in [0.15, 0.2) is 103 Å². The third-order valence-corrected chi connectivity index (χ3v) is 6.38. The van der Waals surface area contributed by atoms with Crippen LogP contribution in [-0.4, -0.2) is 37.4 Å². The Balaban J connectivity index is 1.47. The van der Waals surface area contributed by atoms with Gasteiger partial charge in [-0.05, 0) is 52.6 Å². The number of amides is 1. The molecule has 0 heterocycles. The summed E-state index contributed by atoms with van der Waals surface area (Å²) in [5.41, 5.74) is 4.84. The predicted octanol–water partition coefficient (Wildman–Crippen LogP) is 5.53. The number of carbonyl (C=O) groups is 2. The van der Waals surface area contributed by atoms with E-state index in [1.165, 1.54) is 20.3 Å². The van der Waals surface area contributed by atoms with Crippen LogP contribution in [0.2, 0.25) is 0 Å². The van der Waals surface area contributed by atoms with Gasteiger partial charge in [-0.25, -0.2) is 10.3 Å². The zero-order valence-electron chi connectivity index (χ0n) is 23.9. The van der Waals surface area contributed by atoms with Gasteiger partial charge >= 0.3 is 5.97 Å². The highest BCUT2D eigenvalue weighted by Gasteiger charge is 2.23. The first-order valence-electron chi connectivity index (χ1n) is 13.5. The third-order valence-electron chi connectivity index (χ3n) is 6.38. The van der Waals surface area contributed by atoms with Gasteiger partial charge in [0.05, 0.1) is 14.2 Å². The van der Waals surface area contributed by atoms with Crippen molar-refractivity contribution in [1.29, 1.82) is 0 Å². The molecule has 9 nitrogen and oxygen atoms in total. The highest BCUT2D eigenvalue weighted by molar-refractivity contribution is 5.90. The van der Waals surface area contributed by atoms with Crippen LogP contribution in [0.3, 0.4) is 0 Å². The number of methoxy groups -OCH3 is 2. The number of benzene rings is 4. The van der Waals surface area contributed by atoms with E-state index in [1.807, 2.05) is 60.7 Å². The minimum atomic E-state index is -1.29. The zero-order chi connectivity index (χ0) is 30.4. The molecule has 0 spiro atoms. The van der Waals surface area contributed by atoms with E-state index in [-0.39, 0.29) is 6.42 Å². The van der Waals surface area contributed by atoms with Gasteiger partial charge in [0.1, 0.15) is 13.2 Å². The van der Waals surface area contributed by atoms with E-state index in [1.54, 1.807) is 48.0 Å². The first-order valence-corrected chi connectivity index (χ1v) is 13.5. The fraction of sp³-hybridized carbons (Fsp3) is 0.176. The van der Waals surface area contributed by atoms with Gasteiger partial charge in [-0.15, -0.1) is 0 Å². The van der Waals surface area contributed by atoms with Crippen molar-refractivity contribution in [3.8, 4) is 23.0 Å². The van der Waals surface area contributed by atoms with E-state index in [4.69, 9.17) is 23.7 Å². The summed E-state index contributed by atoms with van der Waals surface area (Å²) < 4.78 is 28.1. The van der Waals surface area contributed by atoms with Gasteiger partial charge in [-0.3, -0.25) is 10.0 Å². The quantitative estimate of drug-likeness (QED) is 0.0862. The van der Waals surface area contributed by atoms with Crippen LogP contribution in [0.4, 0.5) is 0 Å². The van der Waals surface area contributed by atoms with Crippen molar-refractivity contribution in [3.63, 3.8) is 0 Å². The lowest BCUT2D eigenvalue weighted by Gasteiger charge is -2.16. The van der Waals surface area contributed by atoms with E-state index in [0.29, 0.717) is 47.3 Å². The molecule has 1 atom stereocenters. The Morgan fingerprint density at radius 3 is 1.93 bits per heavy atom. The maximum absolute atomic E-state index is 12.7. The van der Waals surface area contributed by atoms with E-state index in [2.05, 4.69) is 0 Å². The molecular weight excluding hydrogens is 550 g/mol. The summed E-state index contributed by atoms with van der Waals surface area (Å²) in [6.45, 7) is 0.685. The van der Waals surface area contributed by atoms with Crippen molar-refractivity contribution >= 4 is 18.0 Å². The molecule has 4 aromatic carbocycles. The molecule has 0 aliphatic rings. The Morgan fingerprint density at radius 2 is 1.33 bits per heavy atom. The van der Waals surface area contributed by atoms with Crippen molar-refractivity contribution in [2.45, 2.75) is 25.7 Å². The Bertz CT molecular complexity index is 1520. The smallest absolute Gasteiger partial charge is 0.331 e. The molecular formula is C34H33NO8. The maximum atomic E-state index is 12.7. The number of hydrogen-bond acceptors (Lipinski definition) is 8. The molecule has 0 aromatic heterocycles. The molecule has 0 radical (unpaired) electrons. The van der Waals surface area contributed by atoms with Crippen molar-refractivity contribution < 1.29 is 38.5 Å². The topological polar surface area (TPSA) is 113 Å². The van der Waals surface area contributed by atoms with E-state index in [9.17, 15) is 14.8 Å². The van der Waals surface area contributed by atoms with Crippen LogP contribution >= 0.6 is 0 Å². The molecule has 2 N–H and O–H groups in total. The second kappa shape index (κ2) is 15.6. The van der Waals surface area contributed by atoms with Crippen molar-refractivity contribution in [1.82, 2.24) is 5.48 Å². The molecule has 0 saturated heterocycles. The molecule has 9 heteroatoms. The Kier molecular flexibility index (Phi) is 11.2. The molecule has 0 aliphatic heterocycles. The first kappa shape index (κ1) is 30.7. The van der Waals surface area contributed by atoms with Crippen molar-refractivity contribution in [3.05, 3.63) is 125 Å². The van der Waals surface area contributed by atoms with Crippen LogP contribution in [0.25, 0.3) is 6.08 Å². The van der Waals surface area contributed by atoms with Gasteiger partial charge in [-0.2, -0.15) is 0 Å². The number of hydroxylamine groups is 1.